The fourth-order valence-electron chi connectivity index (χ4n) is 3.07. The minimum Gasteiger partial charge on any atom is -0.325 e. The van der Waals surface area contributed by atoms with Crippen molar-refractivity contribution in [2.24, 2.45) is 0 Å². The van der Waals surface area contributed by atoms with E-state index in [-0.39, 0.29) is 18.1 Å². The van der Waals surface area contributed by atoms with Crippen LogP contribution in [0.4, 0.5) is 5.69 Å². The van der Waals surface area contributed by atoms with Crippen LogP contribution in [0, 0.1) is 0 Å². The van der Waals surface area contributed by atoms with Gasteiger partial charge in [0.25, 0.3) is 0 Å². The molecule has 110 valence electrons. The Kier molecular flexibility index (Phi) is 3.63. The van der Waals surface area contributed by atoms with Crippen molar-refractivity contribution in [3.63, 3.8) is 0 Å². The highest BCUT2D eigenvalue weighted by atomic mass is 16.2. The highest BCUT2D eigenvalue weighted by Gasteiger charge is 2.47. The first kappa shape index (κ1) is 14.3. The van der Waals surface area contributed by atoms with Crippen LogP contribution in [-0.4, -0.2) is 11.7 Å². The molecule has 1 aliphatic rings. The number of amides is 1. The van der Waals surface area contributed by atoms with Crippen LogP contribution in [0.3, 0.4) is 0 Å². The molecule has 0 saturated carbocycles. The van der Waals surface area contributed by atoms with Crippen LogP contribution in [0.5, 0.6) is 0 Å². The maximum atomic E-state index is 12.6. The molecular formula is C19H17NO2. The molecule has 0 fully saturated rings. The normalized spacial score (nSPS) is 19.4. The topological polar surface area (TPSA) is 46.2 Å². The maximum Gasteiger partial charge on any atom is 0.235 e. The monoisotopic (exact) mass is 291 g/mol. The van der Waals surface area contributed by atoms with Crippen molar-refractivity contribution in [2.75, 3.05) is 5.32 Å². The minimum absolute atomic E-state index is 0.0331. The Hall–Kier alpha value is -2.68. The van der Waals surface area contributed by atoms with Gasteiger partial charge < -0.3 is 5.32 Å². The molecule has 0 aromatic heterocycles. The van der Waals surface area contributed by atoms with Crippen molar-refractivity contribution in [1.29, 1.82) is 0 Å². The van der Waals surface area contributed by atoms with Crippen molar-refractivity contribution >= 4 is 17.4 Å². The Morgan fingerprint density at radius 2 is 1.77 bits per heavy atom. The summed E-state index contributed by atoms with van der Waals surface area (Å²) < 4.78 is 0. The van der Waals surface area contributed by atoms with Gasteiger partial charge in [-0.3, -0.25) is 9.59 Å². The number of hydrogen-bond donors (Lipinski definition) is 1. The second-order valence-electron chi connectivity index (χ2n) is 5.54. The number of benzene rings is 2. The highest BCUT2D eigenvalue weighted by molar-refractivity contribution is 6.10. The van der Waals surface area contributed by atoms with Crippen LogP contribution in [0.15, 0.2) is 67.3 Å². The van der Waals surface area contributed by atoms with E-state index in [4.69, 9.17) is 0 Å². The molecule has 22 heavy (non-hydrogen) atoms. The summed E-state index contributed by atoms with van der Waals surface area (Å²) in [6, 6.07) is 16.6. The van der Waals surface area contributed by atoms with E-state index in [2.05, 4.69) is 11.9 Å². The largest absolute Gasteiger partial charge is 0.325 e. The van der Waals surface area contributed by atoms with Gasteiger partial charge in [0.05, 0.1) is 5.41 Å². The third-order valence-electron chi connectivity index (χ3n) is 4.18. The molecule has 2 aromatic rings. The van der Waals surface area contributed by atoms with Crippen molar-refractivity contribution in [3.05, 3.63) is 78.4 Å². The molecule has 3 nitrogen and oxygen atoms in total. The molecule has 1 heterocycles. The fourth-order valence-corrected chi connectivity index (χ4v) is 3.07. The summed E-state index contributed by atoms with van der Waals surface area (Å²) in [4.78, 5) is 25.2. The highest BCUT2D eigenvalue weighted by Crippen LogP contribution is 2.43. The van der Waals surface area contributed by atoms with Crippen LogP contribution in [0.1, 0.15) is 28.8 Å². The van der Waals surface area contributed by atoms with Crippen LogP contribution in [-0.2, 0) is 10.2 Å². The Balaban J connectivity index is 2.01. The lowest BCUT2D eigenvalue weighted by atomic mass is 9.74. The Morgan fingerprint density at radius 3 is 2.50 bits per heavy atom. The smallest absolute Gasteiger partial charge is 0.235 e. The first-order valence-electron chi connectivity index (χ1n) is 7.27. The zero-order valence-corrected chi connectivity index (χ0v) is 12.2. The van der Waals surface area contributed by atoms with Gasteiger partial charge in [0.15, 0.2) is 5.78 Å². The van der Waals surface area contributed by atoms with E-state index in [1.165, 1.54) is 0 Å². The van der Waals surface area contributed by atoms with Crippen molar-refractivity contribution in [2.45, 2.75) is 18.3 Å². The lowest BCUT2D eigenvalue weighted by Crippen LogP contribution is -2.36. The van der Waals surface area contributed by atoms with Crippen molar-refractivity contribution in [3.8, 4) is 0 Å². The van der Waals surface area contributed by atoms with E-state index >= 15 is 0 Å². The second-order valence-corrected chi connectivity index (χ2v) is 5.54. The summed E-state index contributed by atoms with van der Waals surface area (Å²) in [5, 5.41) is 2.89. The molecule has 2 aromatic carbocycles. The van der Waals surface area contributed by atoms with Crippen molar-refractivity contribution < 1.29 is 9.59 Å². The zero-order chi connectivity index (χ0) is 15.6. The molecule has 3 heteroatoms. The number of anilines is 1. The summed E-state index contributed by atoms with van der Waals surface area (Å²) in [6.45, 7) is 3.77. The molecule has 1 aliphatic heterocycles. The van der Waals surface area contributed by atoms with E-state index in [0.717, 1.165) is 11.3 Å². The van der Waals surface area contributed by atoms with E-state index in [1.807, 2.05) is 42.5 Å². The summed E-state index contributed by atoms with van der Waals surface area (Å²) in [6.07, 6.45) is 2.29. The van der Waals surface area contributed by atoms with E-state index in [0.29, 0.717) is 12.0 Å². The zero-order valence-electron chi connectivity index (χ0n) is 12.2. The van der Waals surface area contributed by atoms with E-state index < -0.39 is 5.41 Å². The molecule has 0 bridgehead atoms. The average molecular weight is 291 g/mol. The molecule has 0 radical (unpaired) electrons. The number of carbonyl (C=O) groups excluding carboxylic acids is 2. The molecule has 0 spiro atoms. The van der Waals surface area contributed by atoms with Crippen LogP contribution >= 0.6 is 0 Å². The van der Waals surface area contributed by atoms with Gasteiger partial charge in [0.2, 0.25) is 5.91 Å². The second kappa shape index (κ2) is 5.60. The van der Waals surface area contributed by atoms with Gasteiger partial charge in [-0.1, -0.05) is 54.6 Å². The standard InChI is InChI=1S/C19H17NO2/c1-2-12-19(13-17(21)14-8-4-3-5-9-14)15-10-6-7-11-16(15)20-18(19)22/h2-11H,1,12-13H2,(H,20,22)/t19-/m0/s1. The number of nitrogens with one attached hydrogen (secondary N) is 1. The van der Waals surface area contributed by atoms with Gasteiger partial charge in [0, 0.05) is 17.7 Å². The predicted octanol–water partition coefficient (Wildman–Crippen LogP) is 3.73. The Morgan fingerprint density at radius 1 is 1.09 bits per heavy atom. The molecule has 0 aliphatic carbocycles. The number of rotatable bonds is 5. The number of fused-ring (bicyclic) bond motifs is 1. The number of Topliss-reactive ketones (excluding diaryl/α,β-unsaturated/α-hetero) is 1. The number of para-hydroxylation sites is 1. The summed E-state index contributed by atoms with van der Waals surface area (Å²) in [7, 11) is 0. The van der Waals surface area contributed by atoms with Crippen LogP contribution in [0.25, 0.3) is 0 Å². The first-order chi connectivity index (χ1) is 10.7. The number of allylic oxidation sites excluding steroid dienone is 1. The van der Waals surface area contributed by atoms with Gasteiger partial charge in [-0.05, 0) is 18.1 Å². The third-order valence-corrected chi connectivity index (χ3v) is 4.18. The van der Waals surface area contributed by atoms with Gasteiger partial charge in [-0.15, -0.1) is 6.58 Å². The average Bonchev–Trinajstić information content (AvgIpc) is 2.81. The molecule has 1 atom stereocenters. The van der Waals surface area contributed by atoms with Crippen molar-refractivity contribution in [1.82, 2.24) is 0 Å². The molecule has 1 amide bonds. The van der Waals surface area contributed by atoms with Gasteiger partial charge in [-0.2, -0.15) is 0 Å². The fraction of sp³-hybridized carbons (Fsp3) is 0.158. The summed E-state index contributed by atoms with van der Waals surface area (Å²) in [5.74, 6) is -0.160. The predicted molar refractivity (Wildman–Crippen MR) is 87.0 cm³/mol. The Bertz CT molecular complexity index is 736. The number of carbonyl (C=O) groups is 2. The van der Waals surface area contributed by atoms with Gasteiger partial charge >= 0.3 is 0 Å². The summed E-state index contributed by atoms with van der Waals surface area (Å²) in [5.41, 5.74) is 1.44. The number of hydrogen-bond acceptors (Lipinski definition) is 2. The minimum atomic E-state index is -0.856. The number of ketones is 1. The molecule has 1 N–H and O–H groups in total. The van der Waals surface area contributed by atoms with Gasteiger partial charge in [-0.25, -0.2) is 0 Å². The van der Waals surface area contributed by atoms with Crippen LogP contribution < -0.4 is 5.32 Å². The molecule has 3 rings (SSSR count). The first-order valence-corrected chi connectivity index (χ1v) is 7.27. The molecular weight excluding hydrogens is 274 g/mol. The Labute approximate surface area is 129 Å². The van der Waals surface area contributed by atoms with Gasteiger partial charge in [0.1, 0.15) is 0 Å². The third kappa shape index (κ3) is 2.25. The van der Waals surface area contributed by atoms with Crippen LogP contribution in [0.2, 0.25) is 0 Å². The quantitative estimate of drug-likeness (QED) is 0.674. The molecule has 0 unspecified atom stereocenters. The van der Waals surface area contributed by atoms with E-state index in [1.54, 1.807) is 18.2 Å². The molecule has 0 saturated heterocycles. The lowest BCUT2D eigenvalue weighted by molar-refractivity contribution is -0.120. The summed E-state index contributed by atoms with van der Waals surface area (Å²) >= 11 is 0. The lowest BCUT2D eigenvalue weighted by Gasteiger charge is -2.25. The SMILES string of the molecule is C=CC[C@@]1(CC(=O)c2ccccc2)C(=O)Nc2ccccc21. The van der Waals surface area contributed by atoms with E-state index in [9.17, 15) is 9.59 Å². The maximum absolute atomic E-state index is 12.6.